The number of esters is 1. The first kappa shape index (κ1) is 22.5. The molecule has 0 spiro atoms. The summed E-state index contributed by atoms with van der Waals surface area (Å²) in [6, 6.07) is 8.83. The average Bonchev–Trinajstić information content (AvgIpc) is 3.27. The number of hydrogen-bond acceptors (Lipinski definition) is 9. The summed E-state index contributed by atoms with van der Waals surface area (Å²) in [6.07, 6.45) is -1.13. The molecule has 33 heavy (non-hydrogen) atoms. The van der Waals surface area contributed by atoms with Crippen molar-refractivity contribution < 1.29 is 28.7 Å². The molecule has 1 unspecified atom stereocenters. The molecule has 2 heterocycles. The summed E-state index contributed by atoms with van der Waals surface area (Å²) in [7, 11) is 0. The SMILES string of the molecule is CC(OC(=O)c1cc(Cl)c2c(c1)OCCO2)C(=O)Nc1nc(-c2cccc([N+](=O)[O-])c2)cs1. The lowest BCUT2D eigenvalue weighted by atomic mass is 10.1. The molecule has 0 bridgehead atoms. The number of rotatable bonds is 6. The van der Waals surface area contributed by atoms with Crippen LogP contribution < -0.4 is 14.8 Å². The molecule has 1 aliphatic rings. The van der Waals surface area contributed by atoms with Gasteiger partial charge in [-0.2, -0.15) is 0 Å². The highest BCUT2D eigenvalue weighted by atomic mass is 35.5. The number of nitro benzene ring substituents is 1. The molecule has 0 aliphatic carbocycles. The van der Waals surface area contributed by atoms with Crippen LogP contribution in [-0.2, 0) is 9.53 Å². The largest absolute Gasteiger partial charge is 0.486 e. The van der Waals surface area contributed by atoms with E-state index >= 15 is 0 Å². The van der Waals surface area contributed by atoms with Crippen LogP contribution >= 0.6 is 22.9 Å². The number of thiazole rings is 1. The van der Waals surface area contributed by atoms with Crippen LogP contribution in [0.1, 0.15) is 17.3 Å². The van der Waals surface area contributed by atoms with Crippen molar-refractivity contribution in [3.8, 4) is 22.8 Å². The maximum Gasteiger partial charge on any atom is 0.339 e. The average molecular weight is 490 g/mol. The minimum atomic E-state index is -1.13. The van der Waals surface area contributed by atoms with Crippen molar-refractivity contribution in [2.24, 2.45) is 0 Å². The molecule has 1 amide bonds. The van der Waals surface area contributed by atoms with E-state index in [2.05, 4.69) is 10.3 Å². The number of benzene rings is 2. The number of nitrogens with zero attached hydrogens (tertiary/aromatic N) is 2. The Bertz CT molecular complexity index is 1250. The molecule has 170 valence electrons. The fourth-order valence-corrected chi connectivity index (χ4v) is 3.95. The molecule has 1 aromatic heterocycles. The van der Waals surface area contributed by atoms with Crippen molar-refractivity contribution in [2.45, 2.75) is 13.0 Å². The second-order valence-corrected chi connectivity index (χ2v) is 8.13. The van der Waals surface area contributed by atoms with Gasteiger partial charge in [-0.25, -0.2) is 9.78 Å². The number of carbonyl (C=O) groups is 2. The van der Waals surface area contributed by atoms with Crippen molar-refractivity contribution in [1.82, 2.24) is 4.98 Å². The Balaban J connectivity index is 1.40. The Morgan fingerprint density at radius 1 is 1.27 bits per heavy atom. The number of carbonyl (C=O) groups excluding carboxylic acids is 2. The Labute approximate surface area is 196 Å². The number of amides is 1. The Hall–Kier alpha value is -3.70. The second kappa shape index (κ2) is 9.43. The van der Waals surface area contributed by atoms with E-state index in [4.69, 9.17) is 25.8 Å². The predicted molar refractivity (Wildman–Crippen MR) is 120 cm³/mol. The summed E-state index contributed by atoms with van der Waals surface area (Å²) < 4.78 is 16.1. The van der Waals surface area contributed by atoms with Gasteiger partial charge in [-0.1, -0.05) is 23.7 Å². The summed E-state index contributed by atoms with van der Waals surface area (Å²) in [5.74, 6) is -0.664. The third kappa shape index (κ3) is 5.04. The fraction of sp³-hybridized carbons (Fsp3) is 0.190. The van der Waals surface area contributed by atoms with Crippen LogP contribution in [0, 0.1) is 10.1 Å². The van der Waals surface area contributed by atoms with E-state index in [9.17, 15) is 19.7 Å². The van der Waals surface area contributed by atoms with Crippen LogP contribution in [0.5, 0.6) is 11.5 Å². The van der Waals surface area contributed by atoms with Gasteiger partial charge in [0.25, 0.3) is 11.6 Å². The summed E-state index contributed by atoms with van der Waals surface area (Å²) in [4.78, 5) is 39.7. The molecule has 0 saturated carbocycles. The number of nitrogens with one attached hydrogen (secondary N) is 1. The molecular formula is C21H16ClN3O7S. The van der Waals surface area contributed by atoms with E-state index in [1.54, 1.807) is 17.5 Å². The molecule has 1 atom stereocenters. The van der Waals surface area contributed by atoms with Crippen molar-refractivity contribution in [3.05, 3.63) is 62.5 Å². The molecular weight excluding hydrogens is 474 g/mol. The standard InChI is InChI=1S/C21H16ClN3O7S/c1-11(32-20(27)13-8-15(22)18-17(9-13)30-5-6-31-18)19(26)24-21-23-16(10-33-21)12-3-2-4-14(7-12)25(28)29/h2-4,7-11H,5-6H2,1H3,(H,23,24,26). The first-order valence-electron chi connectivity index (χ1n) is 9.63. The number of nitro groups is 1. The van der Waals surface area contributed by atoms with E-state index in [0.29, 0.717) is 36.0 Å². The summed E-state index contributed by atoms with van der Waals surface area (Å²) in [5.41, 5.74) is 1.06. The van der Waals surface area contributed by atoms with Crippen LogP contribution in [0.3, 0.4) is 0 Å². The van der Waals surface area contributed by atoms with Crippen molar-refractivity contribution >= 4 is 45.6 Å². The van der Waals surface area contributed by atoms with Gasteiger partial charge in [-0.3, -0.25) is 20.2 Å². The first-order chi connectivity index (χ1) is 15.8. The highest BCUT2D eigenvalue weighted by Crippen LogP contribution is 2.38. The molecule has 12 heteroatoms. The zero-order valence-electron chi connectivity index (χ0n) is 17.1. The van der Waals surface area contributed by atoms with Gasteiger partial charge in [-0.15, -0.1) is 11.3 Å². The quantitative estimate of drug-likeness (QED) is 0.307. The van der Waals surface area contributed by atoms with Crippen LogP contribution in [0.15, 0.2) is 41.8 Å². The molecule has 1 aliphatic heterocycles. The molecule has 0 saturated heterocycles. The van der Waals surface area contributed by atoms with E-state index in [1.807, 2.05) is 0 Å². The van der Waals surface area contributed by atoms with Crippen LogP contribution in [0.4, 0.5) is 10.8 Å². The number of ether oxygens (including phenoxy) is 3. The van der Waals surface area contributed by atoms with Gasteiger partial charge in [0.1, 0.15) is 13.2 Å². The van der Waals surface area contributed by atoms with Crippen molar-refractivity contribution in [2.75, 3.05) is 18.5 Å². The minimum Gasteiger partial charge on any atom is -0.486 e. The highest BCUT2D eigenvalue weighted by molar-refractivity contribution is 7.14. The molecule has 3 aromatic rings. The Morgan fingerprint density at radius 2 is 2.06 bits per heavy atom. The normalized spacial score (nSPS) is 13.2. The monoisotopic (exact) mass is 489 g/mol. The van der Waals surface area contributed by atoms with Gasteiger partial charge < -0.3 is 14.2 Å². The van der Waals surface area contributed by atoms with Gasteiger partial charge in [0, 0.05) is 23.1 Å². The number of hydrogen-bond donors (Lipinski definition) is 1. The number of fused-ring (bicyclic) bond motifs is 1. The first-order valence-corrected chi connectivity index (χ1v) is 10.9. The maximum absolute atomic E-state index is 12.5. The number of anilines is 1. The molecule has 10 nitrogen and oxygen atoms in total. The molecule has 0 fully saturated rings. The van der Waals surface area contributed by atoms with Gasteiger partial charge in [-0.05, 0) is 19.1 Å². The van der Waals surface area contributed by atoms with Gasteiger partial charge in [0.05, 0.1) is 21.2 Å². The van der Waals surface area contributed by atoms with E-state index in [-0.39, 0.29) is 21.4 Å². The van der Waals surface area contributed by atoms with E-state index in [1.165, 1.54) is 31.2 Å². The fourth-order valence-electron chi connectivity index (χ4n) is 2.96. The molecule has 0 radical (unpaired) electrons. The zero-order valence-corrected chi connectivity index (χ0v) is 18.6. The van der Waals surface area contributed by atoms with Gasteiger partial charge in [0.2, 0.25) is 0 Å². The van der Waals surface area contributed by atoms with Crippen molar-refractivity contribution in [1.29, 1.82) is 0 Å². The Morgan fingerprint density at radius 3 is 2.85 bits per heavy atom. The van der Waals surface area contributed by atoms with Crippen molar-refractivity contribution in [3.63, 3.8) is 0 Å². The lowest BCUT2D eigenvalue weighted by molar-refractivity contribution is -0.384. The minimum absolute atomic E-state index is 0.0640. The van der Waals surface area contributed by atoms with E-state index < -0.39 is 22.9 Å². The zero-order chi connectivity index (χ0) is 23.5. The predicted octanol–water partition coefficient (Wildman–Crippen LogP) is 4.33. The van der Waals surface area contributed by atoms with Crippen LogP contribution in [0.25, 0.3) is 11.3 Å². The van der Waals surface area contributed by atoms with Gasteiger partial charge in [0.15, 0.2) is 22.7 Å². The lowest BCUT2D eigenvalue weighted by Gasteiger charge is -2.20. The number of halogens is 1. The molecule has 1 N–H and O–H groups in total. The topological polar surface area (TPSA) is 130 Å². The summed E-state index contributed by atoms with van der Waals surface area (Å²) in [6.45, 7) is 2.10. The van der Waals surface area contributed by atoms with Crippen LogP contribution in [0.2, 0.25) is 5.02 Å². The number of aromatic nitrogens is 1. The van der Waals surface area contributed by atoms with Crippen LogP contribution in [-0.4, -0.2) is 41.1 Å². The summed E-state index contributed by atoms with van der Waals surface area (Å²) in [5, 5.41) is 15.6. The second-order valence-electron chi connectivity index (χ2n) is 6.86. The number of non-ortho nitro benzene ring substituents is 1. The Kier molecular flexibility index (Phi) is 6.43. The summed E-state index contributed by atoms with van der Waals surface area (Å²) >= 11 is 7.28. The highest BCUT2D eigenvalue weighted by Gasteiger charge is 2.24. The third-order valence-corrected chi connectivity index (χ3v) is 5.61. The van der Waals surface area contributed by atoms with Gasteiger partial charge >= 0.3 is 5.97 Å². The third-order valence-electron chi connectivity index (χ3n) is 4.57. The van der Waals surface area contributed by atoms with E-state index in [0.717, 1.165) is 11.3 Å². The smallest absolute Gasteiger partial charge is 0.339 e. The lowest BCUT2D eigenvalue weighted by Crippen LogP contribution is -2.30. The molecule has 4 rings (SSSR count). The maximum atomic E-state index is 12.5. The molecule has 2 aromatic carbocycles.